The highest BCUT2D eigenvalue weighted by Crippen LogP contribution is 2.29. The minimum Gasteiger partial charge on any atom is -0.330 e. The zero-order chi connectivity index (χ0) is 24.2. The number of hydrogen-bond donors (Lipinski definition) is 1. The van der Waals surface area contributed by atoms with Crippen LogP contribution in [0.4, 0.5) is 11.4 Å². The van der Waals surface area contributed by atoms with E-state index < -0.39 is 11.9 Å². The minimum atomic E-state index is -0.828. The zero-order valence-corrected chi connectivity index (χ0v) is 19.6. The molecule has 1 aliphatic heterocycles. The average molecular weight is 450 g/mol. The monoisotopic (exact) mass is 449 g/mol. The molecular weight excluding hydrogens is 418 g/mol. The fourth-order valence-corrected chi connectivity index (χ4v) is 3.93. The van der Waals surface area contributed by atoms with Crippen LogP contribution in [-0.4, -0.2) is 41.1 Å². The predicted molar refractivity (Wildman–Crippen MR) is 128 cm³/mol. The van der Waals surface area contributed by atoms with Crippen LogP contribution in [0.15, 0.2) is 54.6 Å². The fraction of sp³-hybridized carbons (Fsp3) is 0.385. The summed E-state index contributed by atoms with van der Waals surface area (Å²) < 4.78 is 0. The van der Waals surface area contributed by atoms with Gasteiger partial charge in [0.15, 0.2) is 0 Å². The molecule has 2 aromatic rings. The molecule has 3 rings (SSSR count). The van der Waals surface area contributed by atoms with Crippen LogP contribution in [0.5, 0.6) is 0 Å². The molecule has 0 bridgehead atoms. The molecule has 1 fully saturated rings. The van der Waals surface area contributed by atoms with Gasteiger partial charge in [0.05, 0.1) is 12.1 Å². The Hall–Kier alpha value is -3.48. The predicted octanol–water partition coefficient (Wildman–Crippen LogP) is 3.78. The van der Waals surface area contributed by atoms with Gasteiger partial charge in [-0.1, -0.05) is 51.1 Å². The van der Waals surface area contributed by atoms with Crippen molar-refractivity contribution in [3.63, 3.8) is 0 Å². The SMILES string of the molecule is CC(=O)Nc1ccc(N2C(=O)CC(N(CCc3ccccc3)C(=O)CC(C)(C)C)C2=O)cc1. The van der Waals surface area contributed by atoms with Gasteiger partial charge in [-0.05, 0) is 41.7 Å². The normalized spacial score (nSPS) is 16.1. The lowest BCUT2D eigenvalue weighted by Gasteiger charge is -2.30. The van der Waals surface area contributed by atoms with Crippen LogP contribution in [0.1, 0.15) is 46.1 Å². The Morgan fingerprint density at radius 2 is 1.67 bits per heavy atom. The summed E-state index contributed by atoms with van der Waals surface area (Å²) in [6, 6.07) is 15.5. The van der Waals surface area contributed by atoms with Crippen LogP contribution in [0.2, 0.25) is 0 Å². The number of amides is 4. The maximum absolute atomic E-state index is 13.3. The van der Waals surface area contributed by atoms with Crippen LogP contribution >= 0.6 is 0 Å². The summed E-state index contributed by atoms with van der Waals surface area (Å²) in [5, 5.41) is 2.66. The molecule has 1 N–H and O–H groups in total. The smallest absolute Gasteiger partial charge is 0.257 e. The molecule has 0 saturated carbocycles. The van der Waals surface area contributed by atoms with Crippen LogP contribution in [-0.2, 0) is 25.6 Å². The van der Waals surface area contributed by atoms with Crippen molar-refractivity contribution in [3.8, 4) is 0 Å². The molecule has 0 aromatic heterocycles. The molecule has 1 unspecified atom stereocenters. The van der Waals surface area contributed by atoms with Crippen molar-refractivity contribution in [3.05, 3.63) is 60.2 Å². The second-order valence-electron chi connectivity index (χ2n) is 9.58. The van der Waals surface area contributed by atoms with Gasteiger partial charge in [-0.3, -0.25) is 19.2 Å². The molecular formula is C26H31N3O4. The van der Waals surface area contributed by atoms with Gasteiger partial charge in [0.1, 0.15) is 6.04 Å². The van der Waals surface area contributed by atoms with Gasteiger partial charge in [0.25, 0.3) is 5.91 Å². The third-order valence-electron chi connectivity index (χ3n) is 5.43. The first-order valence-electron chi connectivity index (χ1n) is 11.1. The molecule has 7 heteroatoms. The highest BCUT2D eigenvalue weighted by Gasteiger charge is 2.44. The Kier molecular flexibility index (Phi) is 7.31. The van der Waals surface area contributed by atoms with E-state index in [0.717, 1.165) is 10.5 Å². The second-order valence-corrected chi connectivity index (χ2v) is 9.58. The van der Waals surface area contributed by atoms with E-state index in [1.165, 1.54) is 6.92 Å². The highest BCUT2D eigenvalue weighted by molar-refractivity contribution is 6.23. The number of hydrogen-bond acceptors (Lipinski definition) is 4. The van der Waals surface area contributed by atoms with Gasteiger partial charge in [0, 0.05) is 25.6 Å². The molecule has 1 aliphatic rings. The van der Waals surface area contributed by atoms with Crippen molar-refractivity contribution < 1.29 is 19.2 Å². The van der Waals surface area contributed by atoms with Gasteiger partial charge < -0.3 is 10.2 Å². The van der Waals surface area contributed by atoms with E-state index in [-0.39, 0.29) is 36.0 Å². The van der Waals surface area contributed by atoms with E-state index in [0.29, 0.717) is 24.3 Å². The standard InChI is InChI=1S/C26H31N3O4/c1-18(30)27-20-10-12-21(13-11-20)29-23(31)16-22(25(29)33)28(24(32)17-26(2,3)4)15-14-19-8-6-5-7-9-19/h5-13,22H,14-17H2,1-4H3,(H,27,30). The summed E-state index contributed by atoms with van der Waals surface area (Å²) in [5.41, 5.74) is 1.82. The number of nitrogens with one attached hydrogen (secondary N) is 1. The number of carbonyl (C=O) groups is 4. The molecule has 2 aromatic carbocycles. The molecule has 7 nitrogen and oxygen atoms in total. The lowest BCUT2D eigenvalue weighted by atomic mass is 9.91. The van der Waals surface area contributed by atoms with Gasteiger partial charge in [-0.25, -0.2) is 4.90 Å². The topological polar surface area (TPSA) is 86.8 Å². The van der Waals surface area contributed by atoms with Crippen LogP contribution in [0.25, 0.3) is 0 Å². The van der Waals surface area contributed by atoms with Crippen LogP contribution < -0.4 is 10.2 Å². The first-order chi connectivity index (χ1) is 15.5. The van der Waals surface area contributed by atoms with Crippen molar-refractivity contribution >= 4 is 35.0 Å². The first kappa shape index (κ1) is 24.2. The van der Waals surface area contributed by atoms with E-state index >= 15 is 0 Å². The second kappa shape index (κ2) is 9.98. The van der Waals surface area contributed by atoms with Crippen molar-refractivity contribution in [2.24, 2.45) is 5.41 Å². The largest absolute Gasteiger partial charge is 0.330 e. The summed E-state index contributed by atoms with van der Waals surface area (Å²) in [4.78, 5) is 53.3. The Balaban J connectivity index is 1.82. The average Bonchev–Trinajstić information content (AvgIpc) is 3.02. The lowest BCUT2D eigenvalue weighted by molar-refractivity contribution is -0.139. The van der Waals surface area contributed by atoms with E-state index in [4.69, 9.17) is 0 Å². The van der Waals surface area contributed by atoms with Gasteiger partial charge in [-0.2, -0.15) is 0 Å². The minimum absolute atomic E-state index is 0.0447. The molecule has 0 radical (unpaired) electrons. The van der Waals surface area contributed by atoms with Gasteiger partial charge in [-0.15, -0.1) is 0 Å². The third kappa shape index (κ3) is 6.28. The van der Waals surface area contributed by atoms with E-state index in [2.05, 4.69) is 5.32 Å². The molecule has 1 atom stereocenters. The number of carbonyl (C=O) groups excluding carboxylic acids is 4. The molecule has 33 heavy (non-hydrogen) atoms. The number of rotatable bonds is 7. The number of anilines is 2. The molecule has 1 saturated heterocycles. The van der Waals surface area contributed by atoms with E-state index in [9.17, 15) is 19.2 Å². The Labute approximate surface area is 194 Å². The molecule has 0 spiro atoms. The van der Waals surface area contributed by atoms with Crippen molar-refractivity contribution in [2.75, 3.05) is 16.8 Å². The third-order valence-corrected chi connectivity index (χ3v) is 5.43. The van der Waals surface area contributed by atoms with Crippen molar-refractivity contribution in [1.82, 2.24) is 4.90 Å². The Bertz CT molecular complexity index is 1030. The number of nitrogens with zero attached hydrogens (tertiary/aromatic N) is 2. The van der Waals surface area contributed by atoms with Crippen LogP contribution in [0.3, 0.4) is 0 Å². The quantitative estimate of drug-likeness (QED) is 0.652. The summed E-state index contributed by atoms with van der Waals surface area (Å²) in [6.45, 7) is 7.70. The molecule has 0 aliphatic carbocycles. The Morgan fingerprint density at radius 3 is 2.24 bits per heavy atom. The Morgan fingerprint density at radius 1 is 1.03 bits per heavy atom. The van der Waals surface area contributed by atoms with Crippen molar-refractivity contribution in [2.45, 2.75) is 53.0 Å². The molecule has 4 amide bonds. The number of imide groups is 1. The van der Waals surface area contributed by atoms with Crippen LogP contribution in [0, 0.1) is 5.41 Å². The van der Waals surface area contributed by atoms with E-state index in [1.807, 2.05) is 51.1 Å². The maximum atomic E-state index is 13.3. The van der Waals surface area contributed by atoms with Crippen molar-refractivity contribution in [1.29, 1.82) is 0 Å². The van der Waals surface area contributed by atoms with Gasteiger partial charge in [0.2, 0.25) is 17.7 Å². The molecule has 174 valence electrons. The highest BCUT2D eigenvalue weighted by atomic mass is 16.2. The summed E-state index contributed by atoms with van der Waals surface area (Å²) in [5.74, 6) is -1.08. The lowest BCUT2D eigenvalue weighted by Crippen LogP contribution is -2.47. The zero-order valence-electron chi connectivity index (χ0n) is 19.6. The van der Waals surface area contributed by atoms with Gasteiger partial charge >= 0.3 is 0 Å². The molecule has 1 heterocycles. The van der Waals surface area contributed by atoms with E-state index in [1.54, 1.807) is 29.2 Å². The fourth-order valence-electron chi connectivity index (χ4n) is 3.93. The maximum Gasteiger partial charge on any atom is 0.257 e. The number of benzene rings is 2. The summed E-state index contributed by atoms with van der Waals surface area (Å²) in [7, 11) is 0. The summed E-state index contributed by atoms with van der Waals surface area (Å²) >= 11 is 0. The summed E-state index contributed by atoms with van der Waals surface area (Å²) in [6.07, 6.45) is 0.836. The first-order valence-corrected chi connectivity index (χ1v) is 11.1.